The van der Waals surface area contributed by atoms with Gasteiger partial charge in [0.1, 0.15) is 0 Å². The van der Waals surface area contributed by atoms with Gasteiger partial charge in [-0.2, -0.15) is 0 Å². The standard InChI is InChI=1S/C15H22N2O/c1-13(2)10-17-9-8-16(12-15(17)18)11-14-6-4-3-5-7-14/h3-7,13H,8-12H2,1-2H3. The Bertz CT molecular complexity index is 389. The van der Waals surface area contributed by atoms with Gasteiger partial charge in [0.2, 0.25) is 5.91 Å². The largest absolute Gasteiger partial charge is 0.340 e. The van der Waals surface area contributed by atoms with Crippen molar-refractivity contribution in [1.82, 2.24) is 9.80 Å². The number of carbonyl (C=O) groups excluding carboxylic acids is 1. The lowest BCUT2D eigenvalue weighted by molar-refractivity contribution is -0.136. The zero-order valence-electron chi connectivity index (χ0n) is 11.3. The van der Waals surface area contributed by atoms with Gasteiger partial charge < -0.3 is 4.90 Å². The van der Waals surface area contributed by atoms with Crippen LogP contribution in [0.5, 0.6) is 0 Å². The molecule has 18 heavy (non-hydrogen) atoms. The molecular formula is C15H22N2O. The average Bonchev–Trinajstić information content (AvgIpc) is 2.33. The summed E-state index contributed by atoms with van der Waals surface area (Å²) in [5.74, 6) is 0.820. The summed E-state index contributed by atoms with van der Waals surface area (Å²) in [7, 11) is 0. The summed E-state index contributed by atoms with van der Waals surface area (Å²) in [5, 5.41) is 0. The van der Waals surface area contributed by atoms with Crippen LogP contribution in [-0.2, 0) is 11.3 Å². The van der Waals surface area contributed by atoms with Crippen LogP contribution in [0.2, 0.25) is 0 Å². The molecule has 1 amide bonds. The van der Waals surface area contributed by atoms with Crippen LogP contribution in [0.15, 0.2) is 30.3 Å². The Morgan fingerprint density at radius 2 is 1.89 bits per heavy atom. The summed E-state index contributed by atoms with van der Waals surface area (Å²) in [5.41, 5.74) is 1.28. The molecule has 98 valence electrons. The lowest BCUT2D eigenvalue weighted by atomic mass is 10.1. The lowest BCUT2D eigenvalue weighted by Gasteiger charge is -2.35. The van der Waals surface area contributed by atoms with Gasteiger partial charge in [0.15, 0.2) is 0 Å². The molecule has 1 fully saturated rings. The SMILES string of the molecule is CC(C)CN1CCN(Cc2ccccc2)CC1=O. The quantitative estimate of drug-likeness (QED) is 0.811. The Labute approximate surface area is 109 Å². The van der Waals surface area contributed by atoms with Gasteiger partial charge in [-0.1, -0.05) is 44.2 Å². The van der Waals surface area contributed by atoms with E-state index in [2.05, 4.69) is 30.9 Å². The van der Waals surface area contributed by atoms with Gasteiger partial charge >= 0.3 is 0 Å². The summed E-state index contributed by atoms with van der Waals surface area (Å²) >= 11 is 0. The summed E-state index contributed by atoms with van der Waals surface area (Å²) < 4.78 is 0. The fourth-order valence-corrected chi connectivity index (χ4v) is 2.37. The fourth-order valence-electron chi connectivity index (χ4n) is 2.37. The topological polar surface area (TPSA) is 23.6 Å². The van der Waals surface area contributed by atoms with Gasteiger partial charge in [-0.3, -0.25) is 9.69 Å². The molecule has 1 aromatic rings. The molecule has 1 aliphatic rings. The van der Waals surface area contributed by atoms with E-state index in [9.17, 15) is 4.79 Å². The van der Waals surface area contributed by atoms with E-state index in [1.807, 2.05) is 23.1 Å². The second-order valence-electron chi connectivity index (χ2n) is 5.43. The number of amides is 1. The van der Waals surface area contributed by atoms with Gasteiger partial charge in [-0.25, -0.2) is 0 Å². The van der Waals surface area contributed by atoms with Crippen LogP contribution in [0.4, 0.5) is 0 Å². The Hall–Kier alpha value is -1.35. The summed E-state index contributed by atoms with van der Waals surface area (Å²) in [6.45, 7) is 8.48. The highest BCUT2D eigenvalue weighted by Gasteiger charge is 2.23. The number of hydrogen-bond donors (Lipinski definition) is 0. The van der Waals surface area contributed by atoms with Gasteiger partial charge in [0.25, 0.3) is 0 Å². The predicted octanol–water partition coefficient (Wildman–Crippen LogP) is 1.99. The Morgan fingerprint density at radius 3 is 2.50 bits per heavy atom. The third-order valence-electron chi connectivity index (χ3n) is 3.23. The van der Waals surface area contributed by atoms with Crippen LogP contribution in [0.25, 0.3) is 0 Å². The number of carbonyl (C=O) groups is 1. The molecular weight excluding hydrogens is 224 g/mol. The van der Waals surface area contributed by atoms with E-state index >= 15 is 0 Å². The zero-order valence-corrected chi connectivity index (χ0v) is 11.3. The minimum absolute atomic E-state index is 0.269. The molecule has 0 atom stereocenters. The molecule has 1 heterocycles. The molecule has 0 saturated carbocycles. The predicted molar refractivity (Wildman–Crippen MR) is 73.1 cm³/mol. The first kappa shape index (κ1) is 13.1. The maximum Gasteiger partial charge on any atom is 0.236 e. The van der Waals surface area contributed by atoms with Crippen LogP contribution in [0.1, 0.15) is 19.4 Å². The van der Waals surface area contributed by atoms with Crippen LogP contribution in [0.3, 0.4) is 0 Å². The van der Waals surface area contributed by atoms with Gasteiger partial charge in [-0.15, -0.1) is 0 Å². The van der Waals surface area contributed by atoms with E-state index in [1.54, 1.807) is 0 Å². The minimum atomic E-state index is 0.269. The molecule has 0 unspecified atom stereocenters. The molecule has 0 radical (unpaired) electrons. The molecule has 1 aliphatic heterocycles. The van der Waals surface area contributed by atoms with E-state index < -0.39 is 0 Å². The van der Waals surface area contributed by atoms with Crippen molar-refractivity contribution in [3.63, 3.8) is 0 Å². The molecule has 3 nitrogen and oxygen atoms in total. The Morgan fingerprint density at radius 1 is 1.17 bits per heavy atom. The van der Waals surface area contributed by atoms with E-state index in [4.69, 9.17) is 0 Å². The third-order valence-corrected chi connectivity index (χ3v) is 3.23. The van der Waals surface area contributed by atoms with E-state index in [-0.39, 0.29) is 5.91 Å². The molecule has 0 aliphatic carbocycles. The van der Waals surface area contributed by atoms with Crippen LogP contribution in [-0.4, -0.2) is 41.9 Å². The highest BCUT2D eigenvalue weighted by molar-refractivity contribution is 5.79. The first-order valence-corrected chi connectivity index (χ1v) is 6.69. The number of nitrogens with zero attached hydrogens (tertiary/aromatic N) is 2. The Kier molecular flexibility index (Phi) is 4.37. The van der Waals surface area contributed by atoms with E-state index in [0.717, 1.165) is 26.2 Å². The monoisotopic (exact) mass is 246 g/mol. The second kappa shape index (κ2) is 6.01. The van der Waals surface area contributed by atoms with Crippen molar-refractivity contribution in [3.05, 3.63) is 35.9 Å². The third kappa shape index (κ3) is 3.57. The van der Waals surface area contributed by atoms with Crippen molar-refractivity contribution in [2.75, 3.05) is 26.2 Å². The lowest BCUT2D eigenvalue weighted by Crippen LogP contribution is -2.50. The smallest absolute Gasteiger partial charge is 0.236 e. The van der Waals surface area contributed by atoms with Gasteiger partial charge in [0.05, 0.1) is 6.54 Å². The maximum absolute atomic E-state index is 12.0. The summed E-state index contributed by atoms with van der Waals surface area (Å²) in [4.78, 5) is 16.2. The van der Waals surface area contributed by atoms with Crippen molar-refractivity contribution in [2.45, 2.75) is 20.4 Å². The number of benzene rings is 1. The Balaban J connectivity index is 1.87. The summed E-state index contributed by atoms with van der Waals surface area (Å²) in [6.07, 6.45) is 0. The summed E-state index contributed by atoms with van der Waals surface area (Å²) in [6, 6.07) is 10.4. The highest BCUT2D eigenvalue weighted by atomic mass is 16.2. The van der Waals surface area contributed by atoms with Crippen LogP contribution < -0.4 is 0 Å². The normalized spacial score (nSPS) is 17.5. The van der Waals surface area contributed by atoms with Gasteiger partial charge in [-0.05, 0) is 11.5 Å². The van der Waals surface area contributed by atoms with Gasteiger partial charge in [0, 0.05) is 26.2 Å². The highest BCUT2D eigenvalue weighted by Crippen LogP contribution is 2.10. The van der Waals surface area contributed by atoms with Crippen molar-refractivity contribution >= 4 is 5.91 Å². The number of piperazine rings is 1. The molecule has 1 saturated heterocycles. The van der Waals surface area contributed by atoms with Crippen LogP contribution >= 0.6 is 0 Å². The number of hydrogen-bond acceptors (Lipinski definition) is 2. The average molecular weight is 246 g/mol. The van der Waals surface area contributed by atoms with Crippen molar-refractivity contribution in [3.8, 4) is 0 Å². The zero-order chi connectivity index (χ0) is 13.0. The second-order valence-corrected chi connectivity index (χ2v) is 5.43. The van der Waals surface area contributed by atoms with E-state index in [1.165, 1.54) is 5.56 Å². The molecule has 0 spiro atoms. The molecule has 3 heteroatoms. The van der Waals surface area contributed by atoms with Crippen molar-refractivity contribution in [1.29, 1.82) is 0 Å². The van der Waals surface area contributed by atoms with Crippen LogP contribution in [0, 0.1) is 5.92 Å². The molecule has 2 rings (SSSR count). The number of rotatable bonds is 4. The fraction of sp³-hybridized carbons (Fsp3) is 0.533. The maximum atomic E-state index is 12.0. The molecule has 0 N–H and O–H groups in total. The molecule has 0 bridgehead atoms. The minimum Gasteiger partial charge on any atom is -0.340 e. The van der Waals surface area contributed by atoms with Crippen molar-refractivity contribution < 1.29 is 4.79 Å². The first-order chi connectivity index (χ1) is 8.65. The first-order valence-electron chi connectivity index (χ1n) is 6.69. The molecule has 0 aromatic heterocycles. The van der Waals surface area contributed by atoms with E-state index in [0.29, 0.717) is 12.5 Å². The molecule has 1 aromatic carbocycles. The van der Waals surface area contributed by atoms with Crippen molar-refractivity contribution in [2.24, 2.45) is 5.92 Å².